The zero-order valence-corrected chi connectivity index (χ0v) is 15.2. The molecule has 1 aromatic carbocycles. The number of ether oxygens (including phenoxy) is 3. The van der Waals surface area contributed by atoms with Crippen LogP contribution in [0.5, 0.6) is 11.5 Å². The first-order valence-corrected chi connectivity index (χ1v) is 9.21. The Balaban J connectivity index is 1.56. The summed E-state index contributed by atoms with van der Waals surface area (Å²) in [5.74, 6) is 1.71. The van der Waals surface area contributed by atoms with E-state index < -0.39 is 6.09 Å². The highest BCUT2D eigenvalue weighted by Gasteiger charge is 2.37. The van der Waals surface area contributed by atoms with Gasteiger partial charge in [0.15, 0.2) is 0 Å². The van der Waals surface area contributed by atoms with Crippen LogP contribution in [0, 0.1) is 5.92 Å². The number of piperidine rings is 2. The highest BCUT2D eigenvalue weighted by atomic mass is 16.5. The average Bonchev–Trinajstić information content (AvgIpc) is 2.66. The van der Waals surface area contributed by atoms with Crippen molar-refractivity contribution in [2.45, 2.75) is 38.1 Å². The Bertz CT molecular complexity index is 591. The first kappa shape index (κ1) is 17.9. The molecular formula is C19H29N2O4+. The molecule has 0 aliphatic carbocycles. The van der Waals surface area contributed by atoms with Crippen LogP contribution in [0.1, 0.15) is 32.1 Å². The van der Waals surface area contributed by atoms with Crippen LogP contribution in [0.25, 0.3) is 0 Å². The molecule has 2 aliphatic rings. The van der Waals surface area contributed by atoms with Crippen molar-refractivity contribution < 1.29 is 23.9 Å². The highest BCUT2D eigenvalue weighted by Crippen LogP contribution is 2.29. The summed E-state index contributed by atoms with van der Waals surface area (Å²) < 4.78 is 16.0. The van der Waals surface area contributed by atoms with Crippen molar-refractivity contribution in [2.24, 2.45) is 5.92 Å². The fraction of sp³-hybridized carbons (Fsp3) is 0.632. The number of quaternary nitrogens is 1. The number of carbonyl (C=O) groups is 1. The Kier molecular flexibility index (Phi) is 6.02. The van der Waals surface area contributed by atoms with E-state index in [4.69, 9.17) is 14.2 Å². The molecule has 138 valence electrons. The van der Waals surface area contributed by atoms with Crippen LogP contribution >= 0.6 is 0 Å². The number of fused-ring (bicyclic) bond motifs is 1. The normalized spacial score (nSPS) is 25.6. The minimum absolute atomic E-state index is 0.436. The molecule has 1 amide bonds. The number of nitrogens with one attached hydrogen (secondary N) is 2. The maximum absolute atomic E-state index is 12.2. The first-order valence-electron chi connectivity index (χ1n) is 9.21. The van der Waals surface area contributed by atoms with E-state index in [0.29, 0.717) is 35.8 Å². The summed E-state index contributed by atoms with van der Waals surface area (Å²) in [5, 5.41) is 2.77. The average molecular weight is 349 g/mol. The zero-order chi connectivity index (χ0) is 17.6. The van der Waals surface area contributed by atoms with Crippen LogP contribution in [0.4, 0.5) is 10.5 Å². The van der Waals surface area contributed by atoms with Gasteiger partial charge in [-0.05, 0) is 44.2 Å². The maximum atomic E-state index is 12.2. The van der Waals surface area contributed by atoms with Gasteiger partial charge in [-0.1, -0.05) is 0 Å². The number of benzene rings is 1. The van der Waals surface area contributed by atoms with E-state index in [-0.39, 0.29) is 0 Å². The van der Waals surface area contributed by atoms with Crippen molar-refractivity contribution >= 4 is 11.8 Å². The molecule has 0 radical (unpaired) electrons. The number of methoxy groups -OCH3 is 2. The van der Waals surface area contributed by atoms with Crippen molar-refractivity contribution in [1.29, 1.82) is 0 Å². The van der Waals surface area contributed by atoms with Crippen LogP contribution in [-0.4, -0.2) is 46.1 Å². The molecule has 25 heavy (non-hydrogen) atoms. The lowest BCUT2D eigenvalue weighted by molar-refractivity contribution is -0.940. The molecule has 2 fully saturated rings. The van der Waals surface area contributed by atoms with Crippen LogP contribution in [0.3, 0.4) is 0 Å². The van der Waals surface area contributed by atoms with Gasteiger partial charge in [-0.2, -0.15) is 0 Å². The standard InChI is InChI=1S/C19H28N2O4/c1-23-15-8-9-18(24-2)16(12-15)20-19(22)25-13-14-6-5-11-21-10-4-3-7-17(14)21/h8-9,12,14,17H,3-7,10-11,13H2,1-2H3,(H,20,22)/p+1/t14-,17+/m0/s1. The lowest BCUT2D eigenvalue weighted by atomic mass is 9.84. The van der Waals surface area contributed by atoms with Crippen molar-refractivity contribution in [3.05, 3.63) is 18.2 Å². The minimum atomic E-state index is -0.436. The predicted octanol–water partition coefficient (Wildman–Crippen LogP) is 2.10. The van der Waals surface area contributed by atoms with E-state index in [2.05, 4.69) is 5.32 Å². The molecule has 3 atom stereocenters. The highest BCUT2D eigenvalue weighted by molar-refractivity contribution is 5.87. The molecule has 0 bridgehead atoms. The summed E-state index contributed by atoms with van der Waals surface area (Å²) in [6, 6.07) is 5.94. The van der Waals surface area contributed by atoms with Gasteiger partial charge in [-0.15, -0.1) is 0 Å². The van der Waals surface area contributed by atoms with Crippen LogP contribution in [0.2, 0.25) is 0 Å². The van der Waals surface area contributed by atoms with Gasteiger partial charge in [0.1, 0.15) is 18.1 Å². The second kappa shape index (κ2) is 8.43. The molecule has 2 N–H and O–H groups in total. The van der Waals surface area contributed by atoms with Crippen LogP contribution in [-0.2, 0) is 4.74 Å². The Morgan fingerprint density at radius 1 is 1.16 bits per heavy atom. The summed E-state index contributed by atoms with van der Waals surface area (Å²) in [6.45, 7) is 3.04. The van der Waals surface area contributed by atoms with Crippen molar-refractivity contribution in [1.82, 2.24) is 0 Å². The fourth-order valence-electron chi connectivity index (χ4n) is 4.22. The molecule has 0 saturated carbocycles. The summed E-state index contributed by atoms with van der Waals surface area (Å²) in [4.78, 5) is 14.0. The first-order chi connectivity index (χ1) is 12.2. The van der Waals surface area contributed by atoms with E-state index in [1.165, 1.54) is 38.8 Å². The van der Waals surface area contributed by atoms with Crippen LogP contribution < -0.4 is 19.7 Å². The van der Waals surface area contributed by atoms with E-state index >= 15 is 0 Å². The van der Waals surface area contributed by atoms with Gasteiger partial charge in [-0.25, -0.2) is 4.79 Å². The largest absolute Gasteiger partial charge is 0.497 e. The van der Waals surface area contributed by atoms with Gasteiger partial charge in [0, 0.05) is 12.0 Å². The van der Waals surface area contributed by atoms with Gasteiger partial charge >= 0.3 is 6.09 Å². The number of hydrogen-bond acceptors (Lipinski definition) is 4. The van der Waals surface area contributed by atoms with Crippen molar-refractivity contribution in [3.8, 4) is 11.5 Å². The number of hydrogen-bond donors (Lipinski definition) is 2. The lowest BCUT2D eigenvalue weighted by Crippen LogP contribution is -3.18. The monoisotopic (exact) mass is 349 g/mol. The van der Waals surface area contributed by atoms with E-state index in [1.54, 1.807) is 37.3 Å². The molecule has 0 aromatic heterocycles. The Hall–Kier alpha value is -1.95. The number of anilines is 1. The fourth-order valence-corrected chi connectivity index (χ4v) is 4.22. The molecule has 2 saturated heterocycles. The number of rotatable bonds is 5. The van der Waals surface area contributed by atoms with Gasteiger partial charge in [0.25, 0.3) is 0 Å². The Labute approximate surface area is 149 Å². The van der Waals surface area contributed by atoms with Gasteiger partial charge < -0.3 is 19.1 Å². The van der Waals surface area contributed by atoms with Gasteiger partial charge in [-0.3, -0.25) is 5.32 Å². The molecule has 3 rings (SSSR count). The SMILES string of the molecule is COc1ccc(OC)c(NC(=O)OC[C@@H]2CCC[NH+]3CCCC[C@H]23)c1. The van der Waals surface area contributed by atoms with Gasteiger partial charge in [0.05, 0.1) is 39.0 Å². The third-order valence-electron chi connectivity index (χ3n) is 5.50. The Morgan fingerprint density at radius 3 is 2.80 bits per heavy atom. The zero-order valence-electron chi connectivity index (χ0n) is 15.2. The topological polar surface area (TPSA) is 61.2 Å². The summed E-state index contributed by atoms with van der Waals surface area (Å²) in [6.07, 6.45) is 5.84. The molecule has 6 heteroatoms. The third-order valence-corrected chi connectivity index (χ3v) is 5.50. The quantitative estimate of drug-likeness (QED) is 0.855. The summed E-state index contributed by atoms with van der Waals surface area (Å²) in [5.41, 5.74) is 0.556. The maximum Gasteiger partial charge on any atom is 0.411 e. The molecule has 2 aliphatic heterocycles. The van der Waals surface area contributed by atoms with E-state index in [0.717, 1.165) is 6.42 Å². The summed E-state index contributed by atoms with van der Waals surface area (Å²) in [7, 11) is 3.16. The lowest BCUT2D eigenvalue weighted by Gasteiger charge is -2.40. The number of amides is 1. The van der Waals surface area contributed by atoms with E-state index in [1.807, 2.05) is 0 Å². The number of carbonyl (C=O) groups excluding carboxylic acids is 1. The second-order valence-electron chi connectivity index (χ2n) is 6.95. The Morgan fingerprint density at radius 2 is 2.00 bits per heavy atom. The van der Waals surface area contributed by atoms with Crippen LogP contribution in [0.15, 0.2) is 18.2 Å². The minimum Gasteiger partial charge on any atom is -0.497 e. The molecule has 1 unspecified atom stereocenters. The second-order valence-corrected chi connectivity index (χ2v) is 6.95. The molecule has 0 spiro atoms. The molecule has 2 heterocycles. The molecule has 1 aromatic rings. The molecular weight excluding hydrogens is 320 g/mol. The van der Waals surface area contributed by atoms with Crippen molar-refractivity contribution in [3.63, 3.8) is 0 Å². The smallest absolute Gasteiger partial charge is 0.411 e. The molecule has 6 nitrogen and oxygen atoms in total. The van der Waals surface area contributed by atoms with Gasteiger partial charge in [0.2, 0.25) is 0 Å². The predicted molar refractivity (Wildman–Crippen MR) is 95.6 cm³/mol. The van der Waals surface area contributed by atoms with Crippen molar-refractivity contribution in [2.75, 3.05) is 39.2 Å². The van der Waals surface area contributed by atoms with E-state index in [9.17, 15) is 4.79 Å². The third kappa shape index (κ3) is 4.37. The summed E-state index contributed by atoms with van der Waals surface area (Å²) >= 11 is 0.